The Hall–Kier alpha value is -2.25. The molecule has 2 aromatic carbocycles. The Kier molecular flexibility index (Phi) is 4.35. The minimum atomic E-state index is -1.28. The number of nitrogens with zero attached hydrogens (tertiary/aromatic N) is 1. The number of aryl methyl sites for hydroxylation is 1. The molecule has 0 N–H and O–H groups in total. The van der Waals surface area contributed by atoms with E-state index in [1.165, 1.54) is 24.3 Å². The fourth-order valence-electron chi connectivity index (χ4n) is 1.99. The van der Waals surface area contributed by atoms with Crippen molar-refractivity contribution >= 4 is 17.4 Å². The molecule has 0 aliphatic carbocycles. The van der Waals surface area contributed by atoms with Gasteiger partial charge in [0.1, 0.15) is 17.6 Å². The van der Waals surface area contributed by atoms with E-state index in [-0.39, 0.29) is 16.1 Å². The summed E-state index contributed by atoms with van der Waals surface area (Å²) in [6, 6.07) is 9.25. The first-order valence-electron chi connectivity index (χ1n) is 6.09. The number of Topliss-reactive ketones (excluding diaryl/α,β-unsaturated/α-hetero) is 1. The third kappa shape index (κ3) is 3.09. The zero-order valence-corrected chi connectivity index (χ0v) is 11.8. The van der Waals surface area contributed by atoms with Crippen LogP contribution < -0.4 is 0 Å². The molecule has 0 saturated carbocycles. The van der Waals surface area contributed by atoms with Crippen LogP contribution in [-0.4, -0.2) is 5.78 Å². The molecule has 2 nitrogen and oxygen atoms in total. The quantitative estimate of drug-likeness (QED) is 0.788. The van der Waals surface area contributed by atoms with Crippen LogP contribution in [0, 0.1) is 29.9 Å². The number of carbonyl (C=O) groups is 1. The predicted molar refractivity (Wildman–Crippen MR) is 75.2 cm³/mol. The molecule has 21 heavy (non-hydrogen) atoms. The highest BCUT2D eigenvalue weighted by atomic mass is 35.5. The van der Waals surface area contributed by atoms with Gasteiger partial charge in [0.2, 0.25) is 0 Å². The maximum atomic E-state index is 13.8. The molecule has 1 atom stereocenters. The number of hydrogen-bond donors (Lipinski definition) is 0. The van der Waals surface area contributed by atoms with Crippen LogP contribution in [-0.2, 0) is 0 Å². The lowest BCUT2D eigenvalue weighted by Crippen LogP contribution is -2.14. The Morgan fingerprint density at radius 2 is 1.95 bits per heavy atom. The van der Waals surface area contributed by atoms with Crippen molar-refractivity contribution in [2.75, 3.05) is 0 Å². The first-order chi connectivity index (χ1) is 9.93. The van der Waals surface area contributed by atoms with Crippen molar-refractivity contribution in [2.45, 2.75) is 12.8 Å². The van der Waals surface area contributed by atoms with Gasteiger partial charge in [0.05, 0.1) is 11.6 Å². The molecule has 0 radical (unpaired) electrons. The van der Waals surface area contributed by atoms with Gasteiger partial charge in [-0.15, -0.1) is 0 Å². The average Bonchev–Trinajstić information content (AvgIpc) is 2.44. The monoisotopic (exact) mass is 305 g/mol. The smallest absolute Gasteiger partial charge is 0.187 e. The number of halogens is 3. The van der Waals surface area contributed by atoms with Crippen LogP contribution in [0.3, 0.4) is 0 Å². The van der Waals surface area contributed by atoms with Crippen molar-refractivity contribution in [3.8, 4) is 6.07 Å². The molecule has 0 aromatic heterocycles. The Balaban J connectivity index is 2.49. The van der Waals surface area contributed by atoms with Crippen molar-refractivity contribution < 1.29 is 13.6 Å². The zero-order valence-electron chi connectivity index (χ0n) is 11.0. The summed E-state index contributed by atoms with van der Waals surface area (Å²) in [4.78, 5) is 12.4. The molecule has 0 heterocycles. The van der Waals surface area contributed by atoms with E-state index in [1.807, 2.05) is 0 Å². The molecule has 0 fully saturated rings. The molecule has 1 unspecified atom stereocenters. The van der Waals surface area contributed by atoms with Crippen molar-refractivity contribution in [2.24, 2.45) is 0 Å². The summed E-state index contributed by atoms with van der Waals surface area (Å²) in [5.41, 5.74) is 0.676. The lowest BCUT2D eigenvalue weighted by atomic mass is 9.91. The Morgan fingerprint density at radius 3 is 2.57 bits per heavy atom. The summed E-state index contributed by atoms with van der Waals surface area (Å²) in [5.74, 6) is -3.26. The summed E-state index contributed by atoms with van der Waals surface area (Å²) in [6.45, 7) is 1.71. The molecule has 0 aliphatic heterocycles. The largest absolute Gasteiger partial charge is 0.292 e. The molecule has 106 valence electrons. The number of rotatable bonds is 3. The minimum absolute atomic E-state index is 0.0389. The van der Waals surface area contributed by atoms with E-state index >= 15 is 0 Å². The Bertz CT molecular complexity index is 752. The van der Waals surface area contributed by atoms with Gasteiger partial charge in [0, 0.05) is 5.02 Å². The Labute approximate surface area is 125 Å². The number of hydrogen-bond acceptors (Lipinski definition) is 2. The third-order valence-corrected chi connectivity index (χ3v) is 3.38. The summed E-state index contributed by atoms with van der Waals surface area (Å²) >= 11 is 5.87. The van der Waals surface area contributed by atoms with E-state index in [0.29, 0.717) is 5.56 Å². The third-order valence-electron chi connectivity index (χ3n) is 3.05. The van der Waals surface area contributed by atoms with Crippen LogP contribution in [0.1, 0.15) is 27.4 Å². The highest BCUT2D eigenvalue weighted by Gasteiger charge is 2.26. The van der Waals surface area contributed by atoms with Crippen molar-refractivity contribution in [1.82, 2.24) is 0 Å². The van der Waals surface area contributed by atoms with E-state index < -0.39 is 23.3 Å². The van der Waals surface area contributed by atoms with E-state index in [1.54, 1.807) is 13.0 Å². The molecule has 5 heteroatoms. The van der Waals surface area contributed by atoms with Crippen molar-refractivity contribution in [1.29, 1.82) is 5.26 Å². The second-order valence-corrected chi connectivity index (χ2v) is 4.98. The fraction of sp³-hybridized carbons (Fsp3) is 0.125. The molecule has 0 amide bonds. The maximum Gasteiger partial charge on any atom is 0.187 e. The standard InChI is InChI=1S/C16H10ClF2NO/c1-9-2-5-15(19)12(6-9)16(21)13(8-20)11-4-3-10(18)7-14(11)17/h2-7,13H,1H3. The SMILES string of the molecule is Cc1ccc(F)c(C(=O)C(C#N)c2ccc(F)cc2Cl)c1. The molecular weight excluding hydrogens is 296 g/mol. The van der Waals surface area contributed by atoms with Crippen LogP contribution >= 0.6 is 11.6 Å². The number of nitriles is 1. The second-order valence-electron chi connectivity index (χ2n) is 4.58. The number of benzene rings is 2. The summed E-state index contributed by atoms with van der Waals surface area (Å²) < 4.78 is 26.8. The van der Waals surface area contributed by atoms with Gasteiger partial charge in [0.25, 0.3) is 0 Å². The molecule has 0 saturated heterocycles. The van der Waals surface area contributed by atoms with Crippen LogP contribution in [0.15, 0.2) is 36.4 Å². The van der Waals surface area contributed by atoms with Gasteiger partial charge in [-0.05, 0) is 36.8 Å². The zero-order chi connectivity index (χ0) is 15.6. The lowest BCUT2D eigenvalue weighted by Gasteiger charge is -2.11. The first kappa shape index (κ1) is 15.1. The maximum absolute atomic E-state index is 13.8. The Morgan fingerprint density at radius 1 is 1.24 bits per heavy atom. The minimum Gasteiger partial charge on any atom is -0.292 e. The van der Waals surface area contributed by atoms with Crippen LogP contribution in [0.25, 0.3) is 0 Å². The fourth-order valence-corrected chi connectivity index (χ4v) is 2.26. The average molecular weight is 306 g/mol. The van der Waals surface area contributed by atoms with Gasteiger partial charge < -0.3 is 0 Å². The number of carbonyl (C=O) groups excluding carboxylic acids is 1. The number of ketones is 1. The lowest BCUT2D eigenvalue weighted by molar-refractivity contribution is 0.0975. The predicted octanol–water partition coefficient (Wildman–Crippen LogP) is 4.42. The molecule has 2 aromatic rings. The van der Waals surface area contributed by atoms with Crippen LogP contribution in [0.5, 0.6) is 0 Å². The van der Waals surface area contributed by atoms with Gasteiger partial charge >= 0.3 is 0 Å². The normalized spacial score (nSPS) is 11.8. The van der Waals surface area contributed by atoms with Gasteiger partial charge in [-0.2, -0.15) is 5.26 Å². The van der Waals surface area contributed by atoms with E-state index in [9.17, 15) is 18.8 Å². The van der Waals surface area contributed by atoms with Crippen molar-refractivity contribution in [3.05, 3.63) is 69.7 Å². The van der Waals surface area contributed by atoms with Gasteiger partial charge in [-0.25, -0.2) is 8.78 Å². The van der Waals surface area contributed by atoms with Gasteiger partial charge in [-0.3, -0.25) is 4.79 Å². The highest BCUT2D eigenvalue weighted by molar-refractivity contribution is 6.31. The molecule has 2 rings (SSSR count). The second kappa shape index (κ2) is 6.02. The topological polar surface area (TPSA) is 40.9 Å². The van der Waals surface area contributed by atoms with E-state index in [0.717, 1.165) is 12.1 Å². The summed E-state index contributed by atoms with van der Waals surface area (Å²) in [6.07, 6.45) is 0. The van der Waals surface area contributed by atoms with E-state index in [2.05, 4.69) is 0 Å². The molecule has 0 aliphatic rings. The summed E-state index contributed by atoms with van der Waals surface area (Å²) in [7, 11) is 0. The van der Waals surface area contributed by atoms with Gasteiger partial charge in [0.15, 0.2) is 5.78 Å². The summed E-state index contributed by atoms with van der Waals surface area (Å²) in [5, 5.41) is 9.18. The molecular formula is C16H10ClF2NO. The first-order valence-corrected chi connectivity index (χ1v) is 6.46. The molecule has 0 spiro atoms. The van der Waals surface area contributed by atoms with Gasteiger partial charge in [-0.1, -0.05) is 29.3 Å². The van der Waals surface area contributed by atoms with E-state index in [4.69, 9.17) is 11.6 Å². The highest BCUT2D eigenvalue weighted by Crippen LogP contribution is 2.29. The van der Waals surface area contributed by atoms with Crippen LogP contribution in [0.2, 0.25) is 5.02 Å². The van der Waals surface area contributed by atoms with Crippen LogP contribution in [0.4, 0.5) is 8.78 Å². The molecule has 0 bridgehead atoms. The van der Waals surface area contributed by atoms with Crippen molar-refractivity contribution in [3.63, 3.8) is 0 Å².